The van der Waals surface area contributed by atoms with Gasteiger partial charge in [-0.3, -0.25) is 4.79 Å². The minimum atomic E-state index is -0.114. The number of aromatic nitrogens is 2. The molecule has 0 saturated heterocycles. The molecule has 0 spiro atoms. The highest BCUT2D eigenvalue weighted by Crippen LogP contribution is 2.27. The molecule has 0 fully saturated rings. The second kappa shape index (κ2) is 7.41. The van der Waals surface area contributed by atoms with Gasteiger partial charge in [-0.15, -0.1) is 0 Å². The summed E-state index contributed by atoms with van der Waals surface area (Å²) in [5.41, 5.74) is 1.67. The number of nitrogens with zero attached hydrogens (tertiary/aromatic N) is 3. The van der Waals surface area contributed by atoms with Crippen molar-refractivity contribution in [3.8, 4) is 5.88 Å². The third-order valence-electron chi connectivity index (χ3n) is 4.51. The Morgan fingerprint density at radius 1 is 0.926 bits per heavy atom. The lowest BCUT2D eigenvalue weighted by Gasteiger charge is -2.23. The smallest absolute Gasteiger partial charge is 0.264 e. The molecule has 1 amide bonds. The third-order valence-corrected chi connectivity index (χ3v) is 4.51. The molecule has 4 aromatic rings. The number of para-hydroxylation sites is 1. The minimum absolute atomic E-state index is 0.0852. The number of ether oxygens (including phenoxy) is 1. The molecule has 0 unspecified atom stereocenters. The summed E-state index contributed by atoms with van der Waals surface area (Å²) in [6.45, 7) is 2.43. The second-order valence-electron chi connectivity index (χ2n) is 6.12. The molecule has 1 aromatic heterocycles. The predicted molar refractivity (Wildman–Crippen MR) is 107 cm³/mol. The summed E-state index contributed by atoms with van der Waals surface area (Å²) < 4.78 is 5.76. The first-order valence-corrected chi connectivity index (χ1v) is 8.88. The SMILES string of the molecule is CCN(C(=O)COc1ncnc2ccccc12)c1cccc2ccccc12. The van der Waals surface area contributed by atoms with E-state index in [1.165, 1.54) is 6.33 Å². The van der Waals surface area contributed by atoms with Gasteiger partial charge in [0.15, 0.2) is 6.61 Å². The van der Waals surface area contributed by atoms with Gasteiger partial charge in [-0.25, -0.2) is 9.97 Å². The van der Waals surface area contributed by atoms with Crippen molar-refractivity contribution in [1.82, 2.24) is 9.97 Å². The van der Waals surface area contributed by atoms with Crippen molar-refractivity contribution in [2.45, 2.75) is 6.92 Å². The van der Waals surface area contributed by atoms with Crippen molar-refractivity contribution in [1.29, 1.82) is 0 Å². The minimum Gasteiger partial charge on any atom is -0.467 e. The summed E-state index contributed by atoms with van der Waals surface area (Å²) in [6.07, 6.45) is 1.45. The Morgan fingerprint density at radius 2 is 1.67 bits per heavy atom. The number of hydrogen-bond donors (Lipinski definition) is 0. The van der Waals surface area contributed by atoms with Crippen molar-refractivity contribution in [2.24, 2.45) is 0 Å². The maximum atomic E-state index is 12.9. The monoisotopic (exact) mass is 357 g/mol. The Labute approximate surface area is 157 Å². The Bertz CT molecular complexity index is 1100. The Balaban J connectivity index is 1.59. The van der Waals surface area contributed by atoms with Crippen LogP contribution in [0.25, 0.3) is 21.7 Å². The van der Waals surface area contributed by atoms with E-state index < -0.39 is 0 Å². The zero-order chi connectivity index (χ0) is 18.6. The standard InChI is InChI=1S/C22H19N3O2/c1-2-25(20-13-7-9-16-8-3-4-10-17(16)20)21(26)14-27-22-18-11-5-6-12-19(18)23-15-24-22/h3-13,15H,2,14H2,1H3. The number of amides is 1. The lowest BCUT2D eigenvalue weighted by molar-refractivity contribution is -0.120. The summed E-state index contributed by atoms with van der Waals surface area (Å²) in [5, 5.41) is 2.94. The first kappa shape index (κ1) is 17.0. The van der Waals surface area contributed by atoms with Gasteiger partial charge in [-0.2, -0.15) is 0 Å². The van der Waals surface area contributed by atoms with E-state index in [2.05, 4.69) is 9.97 Å². The molecular weight excluding hydrogens is 338 g/mol. The van der Waals surface area contributed by atoms with Crippen molar-refractivity contribution in [3.63, 3.8) is 0 Å². The Hall–Kier alpha value is -3.47. The molecule has 3 aromatic carbocycles. The van der Waals surface area contributed by atoms with Crippen LogP contribution in [-0.4, -0.2) is 29.0 Å². The van der Waals surface area contributed by atoms with Gasteiger partial charge in [0.1, 0.15) is 6.33 Å². The van der Waals surface area contributed by atoms with Gasteiger partial charge in [0.05, 0.1) is 16.6 Å². The van der Waals surface area contributed by atoms with Crippen LogP contribution in [0.2, 0.25) is 0 Å². The van der Waals surface area contributed by atoms with Crippen LogP contribution >= 0.6 is 0 Å². The first-order valence-electron chi connectivity index (χ1n) is 8.88. The van der Waals surface area contributed by atoms with Crippen molar-refractivity contribution < 1.29 is 9.53 Å². The van der Waals surface area contributed by atoms with Crippen molar-refractivity contribution >= 4 is 33.3 Å². The van der Waals surface area contributed by atoms with E-state index in [0.29, 0.717) is 12.4 Å². The largest absolute Gasteiger partial charge is 0.467 e. The lowest BCUT2D eigenvalue weighted by Crippen LogP contribution is -2.35. The van der Waals surface area contributed by atoms with E-state index in [1.807, 2.05) is 73.7 Å². The third kappa shape index (κ3) is 3.31. The fraction of sp³-hybridized carbons (Fsp3) is 0.136. The summed E-state index contributed by atoms with van der Waals surface area (Å²) in [7, 11) is 0. The number of hydrogen-bond acceptors (Lipinski definition) is 4. The highest BCUT2D eigenvalue weighted by Gasteiger charge is 2.17. The van der Waals surface area contributed by atoms with Gasteiger partial charge in [-0.05, 0) is 30.5 Å². The number of carbonyl (C=O) groups is 1. The van der Waals surface area contributed by atoms with E-state index in [4.69, 9.17) is 4.74 Å². The van der Waals surface area contributed by atoms with E-state index in [1.54, 1.807) is 4.90 Å². The number of rotatable bonds is 5. The summed E-state index contributed by atoms with van der Waals surface area (Å²) in [5.74, 6) is 0.305. The zero-order valence-electron chi connectivity index (χ0n) is 15.0. The summed E-state index contributed by atoms with van der Waals surface area (Å²) >= 11 is 0. The summed E-state index contributed by atoms with van der Waals surface area (Å²) in [6, 6.07) is 21.6. The predicted octanol–water partition coefficient (Wildman–Crippen LogP) is 4.21. The van der Waals surface area contributed by atoms with E-state index in [-0.39, 0.29) is 12.5 Å². The van der Waals surface area contributed by atoms with Crippen LogP contribution in [0.15, 0.2) is 73.1 Å². The molecule has 0 aliphatic carbocycles. The number of anilines is 1. The maximum absolute atomic E-state index is 12.9. The molecule has 0 aliphatic heterocycles. The zero-order valence-corrected chi connectivity index (χ0v) is 15.0. The van der Waals surface area contributed by atoms with Crippen molar-refractivity contribution in [3.05, 3.63) is 73.1 Å². The van der Waals surface area contributed by atoms with E-state index >= 15 is 0 Å². The average Bonchev–Trinajstić information content (AvgIpc) is 2.73. The van der Waals surface area contributed by atoms with Gasteiger partial charge in [0, 0.05) is 11.9 Å². The molecule has 5 heteroatoms. The second-order valence-corrected chi connectivity index (χ2v) is 6.12. The molecule has 4 rings (SSSR count). The van der Waals surface area contributed by atoms with Crippen LogP contribution in [0.4, 0.5) is 5.69 Å². The highest BCUT2D eigenvalue weighted by molar-refractivity contribution is 6.04. The molecule has 0 N–H and O–H groups in total. The van der Waals surface area contributed by atoms with Gasteiger partial charge in [0.2, 0.25) is 5.88 Å². The van der Waals surface area contributed by atoms with Crippen LogP contribution in [0.3, 0.4) is 0 Å². The topological polar surface area (TPSA) is 55.3 Å². The van der Waals surface area contributed by atoms with Gasteiger partial charge < -0.3 is 9.64 Å². The molecule has 0 radical (unpaired) electrons. The molecule has 134 valence electrons. The Morgan fingerprint density at radius 3 is 2.52 bits per heavy atom. The summed E-state index contributed by atoms with van der Waals surface area (Å²) in [4.78, 5) is 23.0. The van der Waals surface area contributed by atoms with Crippen LogP contribution in [0, 0.1) is 0 Å². The fourth-order valence-corrected chi connectivity index (χ4v) is 3.23. The van der Waals surface area contributed by atoms with E-state index in [0.717, 1.165) is 27.4 Å². The Kier molecular flexibility index (Phi) is 4.66. The molecule has 5 nitrogen and oxygen atoms in total. The average molecular weight is 357 g/mol. The van der Waals surface area contributed by atoms with Crippen molar-refractivity contribution in [2.75, 3.05) is 18.1 Å². The van der Waals surface area contributed by atoms with Gasteiger partial charge >= 0.3 is 0 Å². The first-order chi connectivity index (χ1) is 13.3. The van der Waals surface area contributed by atoms with Crippen LogP contribution < -0.4 is 9.64 Å². The molecular formula is C22H19N3O2. The molecule has 0 aliphatic rings. The normalized spacial score (nSPS) is 10.9. The molecule has 0 bridgehead atoms. The molecule has 27 heavy (non-hydrogen) atoms. The van der Waals surface area contributed by atoms with Crippen LogP contribution in [0.5, 0.6) is 5.88 Å². The fourth-order valence-electron chi connectivity index (χ4n) is 3.23. The molecule has 1 heterocycles. The van der Waals surface area contributed by atoms with E-state index in [9.17, 15) is 4.79 Å². The van der Waals surface area contributed by atoms with Gasteiger partial charge in [-0.1, -0.05) is 48.5 Å². The van der Waals surface area contributed by atoms with Gasteiger partial charge in [0.25, 0.3) is 5.91 Å². The van der Waals surface area contributed by atoms with Crippen LogP contribution in [0.1, 0.15) is 6.92 Å². The quantitative estimate of drug-likeness (QED) is 0.537. The highest BCUT2D eigenvalue weighted by atomic mass is 16.5. The lowest BCUT2D eigenvalue weighted by atomic mass is 10.1. The number of fused-ring (bicyclic) bond motifs is 2. The number of carbonyl (C=O) groups excluding carboxylic acids is 1. The maximum Gasteiger partial charge on any atom is 0.264 e. The number of benzene rings is 3. The number of likely N-dealkylation sites (N-methyl/N-ethyl adjacent to an activating group) is 1. The molecule has 0 saturated carbocycles. The van der Waals surface area contributed by atoms with Crippen LogP contribution in [-0.2, 0) is 4.79 Å². The molecule has 0 atom stereocenters.